The normalized spacial score (nSPS) is 36.6. The Labute approximate surface area is 155 Å². The maximum atomic E-state index is 13.3. The molecule has 1 aliphatic heterocycles. The fraction of sp³-hybridized carbons (Fsp3) is 0.312. The van der Waals surface area contributed by atoms with Crippen molar-refractivity contribution in [1.82, 2.24) is 4.90 Å². The minimum absolute atomic E-state index is 0.251. The van der Waals surface area contributed by atoms with Crippen LogP contribution in [0, 0.1) is 0 Å². The van der Waals surface area contributed by atoms with Crippen LogP contribution in [0.1, 0.15) is 44.0 Å². The average molecular weight is 338 g/mol. The van der Waals surface area contributed by atoms with Crippen LogP contribution >= 0.6 is 22.9 Å². The molecule has 0 fully saturated rings. The summed E-state index contributed by atoms with van der Waals surface area (Å²) in [5.74, 6) is -2.26. The first-order chi connectivity index (χ1) is 16.5. The van der Waals surface area contributed by atoms with Gasteiger partial charge in [-0.25, -0.2) is 4.79 Å². The van der Waals surface area contributed by atoms with Gasteiger partial charge in [0, 0.05) is 31.1 Å². The largest absolute Gasteiger partial charge is 0.468 e. The molecule has 0 bridgehead atoms. The van der Waals surface area contributed by atoms with E-state index in [2.05, 4.69) is 4.74 Å². The van der Waals surface area contributed by atoms with Gasteiger partial charge >= 0.3 is 5.97 Å². The summed E-state index contributed by atoms with van der Waals surface area (Å²) in [6.45, 7) is -7.28. The molecule has 1 aromatic carbocycles. The third-order valence-corrected chi connectivity index (χ3v) is 3.45. The number of hydrogen-bond acceptors (Lipinski definition) is 4. The lowest BCUT2D eigenvalue weighted by atomic mass is 10.0. The third-order valence-electron chi connectivity index (χ3n) is 2.45. The molecule has 2 aromatic rings. The number of carbonyl (C=O) groups excluding carboxylic acids is 1. The highest BCUT2D eigenvalue weighted by Gasteiger charge is 2.32. The van der Waals surface area contributed by atoms with Gasteiger partial charge in [0.2, 0.25) is 0 Å². The Bertz CT molecular complexity index is 1280. The zero-order valence-electron chi connectivity index (χ0n) is 26.0. The summed E-state index contributed by atoms with van der Waals surface area (Å²) < 4.78 is 134. The lowest BCUT2D eigenvalue weighted by Gasteiger charge is -2.33. The van der Waals surface area contributed by atoms with Crippen LogP contribution in [0.25, 0.3) is 0 Å². The number of nitrogens with zero attached hydrogens (tertiary/aromatic N) is 1. The number of rotatable bonds is 3. The van der Waals surface area contributed by atoms with Crippen molar-refractivity contribution in [2.75, 3.05) is 13.5 Å². The Morgan fingerprint density at radius 3 is 3.33 bits per heavy atom. The minimum atomic E-state index is -3.91. The second-order valence-corrected chi connectivity index (χ2v) is 4.84. The molecule has 0 unspecified atom stereocenters. The van der Waals surface area contributed by atoms with Crippen molar-refractivity contribution in [2.24, 2.45) is 0 Å². The van der Waals surface area contributed by atoms with E-state index in [4.69, 9.17) is 33.5 Å². The molecule has 1 atom stereocenters. The molecule has 1 aromatic heterocycles. The standard InChI is InChI=1S/C16H16ClNO2S/c1-20-16(19)15(12-4-2-3-5-13(12)17)18-8-6-14-11(10-18)7-9-21-14/h2-5,7,9,15H,6,8,10H2,1H3/t15-/m1/s1/i1D3,2D,3D,4D,5D,6D2,7D,8D2,9D,10D2,15D. The van der Waals surface area contributed by atoms with E-state index in [1.807, 2.05) is 0 Å². The first kappa shape index (κ1) is 4.82. The van der Waals surface area contributed by atoms with Crippen LogP contribution in [-0.2, 0) is 22.4 Å². The van der Waals surface area contributed by atoms with E-state index in [1.165, 1.54) is 0 Å². The number of benzene rings is 1. The molecule has 0 radical (unpaired) electrons. The van der Waals surface area contributed by atoms with Gasteiger partial charge in [0.1, 0.15) is 6.02 Å². The number of methoxy groups -OCH3 is 1. The monoisotopic (exact) mass is 337 g/mol. The molecule has 2 heterocycles. The fourth-order valence-corrected chi connectivity index (χ4v) is 2.31. The van der Waals surface area contributed by atoms with Crippen molar-refractivity contribution in [3.63, 3.8) is 0 Å². The quantitative estimate of drug-likeness (QED) is 0.800. The number of halogens is 1. The van der Waals surface area contributed by atoms with Crippen LogP contribution in [0.15, 0.2) is 35.6 Å². The Morgan fingerprint density at radius 1 is 1.62 bits per heavy atom. The van der Waals surface area contributed by atoms with E-state index >= 15 is 0 Å². The van der Waals surface area contributed by atoms with Gasteiger partial charge in [-0.15, -0.1) is 11.3 Å². The van der Waals surface area contributed by atoms with Crippen molar-refractivity contribution in [3.05, 3.63) is 56.6 Å². The second-order valence-electron chi connectivity index (χ2n) is 3.64. The van der Waals surface area contributed by atoms with Gasteiger partial charge < -0.3 is 4.74 Å². The number of fused-ring (bicyclic) bond motifs is 1. The first-order valence-corrected chi connectivity index (χ1v) is 6.57. The zero-order valence-corrected chi connectivity index (χ0v) is 11.6. The summed E-state index contributed by atoms with van der Waals surface area (Å²) in [5, 5.41) is -1.75. The van der Waals surface area contributed by atoms with Crippen LogP contribution < -0.4 is 0 Å². The molecule has 110 valence electrons. The van der Waals surface area contributed by atoms with Crippen molar-refractivity contribution in [1.29, 1.82) is 0 Å². The molecule has 0 amide bonds. The van der Waals surface area contributed by atoms with Crippen molar-refractivity contribution >= 4 is 28.9 Å². The maximum absolute atomic E-state index is 13.3. The van der Waals surface area contributed by atoms with Gasteiger partial charge in [-0.2, -0.15) is 0 Å². The summed E-state index contributed by atoms with van der Waals surface area (Å²) in [4.78, 5) is 12.2. The van der Waals surface area contributed by atoms with Gasteiger partial charge in [-0.3, -0.25) is 4.90 Å². The molecule has 21 heavy (non-hydrogen) atoms. The lowest BCUT2D eigenvalue weighted by Crippen LogP contribution is -2.38. The highest BCUT2D eigenvalue weighted by atomic mass is 35.5. The average Bonchev–Trinajstić information content (AvgIpc) is 3.04. The zero-order chi connectivity index (χ0) is 28.8. The fourth-order valence-electron chi connectivity index (χ4n) is 1.57. The van der Waals surface area contributed by atoms with Crippen LogP contribution in [-0.4, -0.2) is 24.4 Å². The topological polar surface area (TPSA) is 29.5 Å². The molecule has 1 aliphatic rings. The maximum Gasteiger partial charge on any atom is 0.327 e. The first-order valence-electron chi connectivity index (χ1n) is 13.4. The Morgan fingerprint density at radius 2 is 2.48 bits per heavy atom. The van der Waals surface area contributed by atoms with Gasteiger partial charge in [0.05, 0.1) is 20.7 Å². The smallest absolute Gasteiger partial charge is 0.327 e. The molecule has 3 nitrogen and oxygen atoms in total. The highest BCUT2D eigenvalue weighted by Crippen LogP contribution is 2.33. The van der Waals surface area contributed by atoms with E-state index in [-0.39, 0.29) is 11.3 Å². The summed E-state index contributed by atoms with van der Waals surface area (Å²) in [5.41, 5.74) is -2.24. The molecule has 5 heteroatoms. The summed E-state index contributed by atoms with van der Waals surface area (Å²) in [7, 11) is -3.61. The van der Waals surface area contributed by atoms with Gasteiger partial charge in [0.25, 0.3) is 0 Å². The van der Waals surface area contributed by atoms with Crippen LogP contribution in [0.2, 0.25) is 5.02 Å². The van der Waals surface area contributed by atoms with E-state index in [0.717, 1.165) is 0 Å². The number of hydrogen-bond donors (Lipinski definition) is 0. The number of esters is 1. The van der Waals surface area contributed by atoms with E-state index in [9.17, 15) is 4.79 Å². The van der Waals surface area contributed by atoms with Gasteiger partial charge in [-0.05, 0) is 34.9 Å². The molecule has 0 spiro atoms. The van der Waals surface area contributed by atoms with E-state index < -0.39 is 99.9 Å². The number of thiophene rings is 1. The van der Waals surface area contributed by atoms with Crippen LogP contribution in [0.4, 0.5) is 0 Å². The SMILES string of the molecule is [2H]c1sc2c(c1[2H])C([2H])([2H])N([C@@]([2H])(C(=O)OC([2H])([2H])[2H])c1c([2H])c([2H])c([2H])c([2H])c1Cl)C([2H])([2H])C2([2H])[2H]. The van der Waals surface area contributed by atoms with Gasteiger partial charge in [-0.1, -0.05) is 29.7 Å². The molecule has 0 saturated heterocycles. The third kappa shape index (κ3) is 2.84. The predicted octanol–water partition coefficient (Wildman–Crippen LogP) is 3.67. The Kier molecular flexibility index (Phi) is 1.42. The highest BCUT2D eigenvalue weighted by molar-refractivity contribution is 7.10. The Hall–Kier alpha value is -1.36. The Balaban J connectivity index is 2.57. The van der Waals surface area contributed by atoms with Crippen LogP contribution in [0.5, 0.6) is 0 Å². The lowest BCUT2D eigenvalue weighted by molar-refractivity contribution is -0.147. The molecular formula is C16H16ClNO2S. The summed E-state index contributed by atoms with van der Waals surface area (Å²) in [6.07, 6.45) is -3.34. The van der Waals surface area contributed by atoms with Crippen molar-refractivity contribution < 1.29 is 31.5 Å². The van der Waals surface area contributed by atoms with Crippen molar-refractivity contribution in [3.8, 4) is 0 Å². The summed E-state index contributed by atoms with van der Waals surface area (Å²) >= 11 is 6.33. The van der Waals surface area contributed by atoms with Crippen molar-refractivity contribution in [2.45, 2.75) is 18.9 Å². The molecular weight excluding hydrogens is 306 g/mol. The molecule has 0 N–H and O–H groups in total. The van der Waals surface area contributed by atoms with E-state index in [1.54, 1.807) is 0 Å². The van der Waals surface area contributed by atoms with Crippen LogP contribution in [0.3, 0.4) is 0 Å². The molecule has 0 aliphatic carbocycles. The summed E-state index contributed by atoms with van der Waals surface area (Å²) in [6, 6.07) is -9.15. The van der Waals surface area contributed by atoms with E-state index in [0.29, 0.717) is 0 Å². The molecule has 3 rings (SSSR count). The second kappa shape index (κ2) is 6.18. The number of aryl methyl sites for hydroxylation is 1. The van der Waals surface area contributed by atoms with Gasteiger partial charge in [0.15, 0.2) is 0 Å². The minimum Gasteiger partial charge on any atom is -0.468 e. The predicted molar refractivity (Wildman–Crippen MR) is 84.6 cm³/mol. The molecule has 0 saturated carbocycles. The number of carbonyl (C=O) groups is 1. The number of ether oxygens (including phenoxy) is 1.